The molecule has 5 nitrogen and oxygen atoms in total. The summed E-state index contributed by atoms with van der Waals surface area (Å²) in [6.45, 7) is 2.86. The van der Waals surface area contributed by atoms with Crippen LogP contribution in [0.15, 0.2) is 46.9 Å². The zero-order chi connectivity index (χ0) is 22.0. The van der Waals surface area contributed by atoms with E-state index in [1.807, 2.05) is 12.1 Å². The minimum Gasteiger partial charge on any atom is -0.324 e. The van der Waals surface area contributed by atoms with Gasteiger partial charge in [-0.2, -0.15) is 0 Å². The molecule has 0 fully saturated rings. The summed E-state index contributed by atoms with van der Waals surface area (Å²) in [7, 11) is 0. The Kier molecular flexibility index (Phi) is 7.08. The normalized spacial score (nSPS) is 11.2. The first-order chi connectivity index (χ1) is 15.0. The third-order valence-electron chi connectivity index (χ3n) is 4.50. The molecule has 2 aromatic carbocycles. The van der Waals surface area contributed by atoms with E-state index in [0.717, 1.165) is 29.7 Å². The van der Waals surface area contributed by atoms with Crippen LogP contribution in [0.4, 0.5) is 5.69 Å². The number of benzene rings is 2. The van der Waals surface area contributed by atoms with E-state index in [-0.39, 0.29) is 11.7 Å². The molecule has 1 N–H and O–H groups in total. The van der Waals surface area contributed by atoms with Gasteiger partial charge in [0.25, 0.3) is 0 Å². The quantitative estimate of drug-likeness (QED) is 0.209. The standard InChI is InChI=1S/C21H17Cl3N4OS2/c1-2-7-28-20(13-10-30-18-6-4-3-5-12(13)18)26-27-21(28)31-11-19(29)25-17-9-15(23)14(22)8-16(17)24/h3-6,8-10H,2,7,11H2,1H3,(H,25,29). The number of hydrogen-bond donors (Lipinski definition) is 1. The molecule has 0 radical (unpaired) electrons. The Labute approximate surface area is 202 Å². The Morgan fingerprint density at radius 2 is 1.90 bits per heavy atom. The summed E-state index contributed by atoms with van der Waals surface area (Å²) in [4.78, 5) is 12.5. The highest BCUT2D eigenvalue weighted by atomic mass is 35.5. The van der Waals surface area contributed by atoms with Crippen LogP contribution < -0.4 is 5.32 Å². The monoisotopic (exact) mass is 510 g/mol. The minimum atomic E-state index is -0.223. The third-order valence-corrected chi connectivity index (χ3v) is 7.47. The van der Waals surface area contributed by atoms with Gasteiger partial charge in [-0.1, -0.05) is 71.7 Å². The van der Waals surface area contributed by atoms with Gasteiger partial charge in [-0.05, 0) is 24.6 Å². The van der Waals surface area contributed by atoms with Crippen LogP contribution in [0, 0.1) is 0 Å². The molecule has 10 heteroatoms. The highest BCUT2D eigenvalue weighted by molar-refractivity contribution is 7.99. The lowest BCUT2D eigenvalue weighted by molar-refractivity contribution is -0.113. The number of aromatic nitrogens is 3. The second kappa shape index (κ2) is 9.79. The van der Waals surface area contributed by atoms with Crippen LogP contribution >= 0.6 is 57.9 Å². The van der Waals surface area contributed by atoms with Crippen molar-refractivity contribution >= 4 is 79.6 Å². The number of carbonyl (C=O) groups excluding carboxylic acids is 1. The zero-order valence-corrected chi connectivity index (χ0v) is 20.3. The average Bonchev–Trinajstić information content (AvgIpc) is 3.34. The molecule has 0 atom stereocenters. The fourth-order valence-electron chi connectivity index (χ4n) is 3.11. The average molecular weight is 512 g/mol. The smallest absolute Gasteiger partial charge is 0.234 e. The molecule has 0 saturated carbocycles. The van der Waals surface area contributed by atoms with E-state index >= 15 is 0 Å². The van der Waals surface area contributed by atoms with Crippen molar-refractivity contribution in [2.24, 2.45) is 0 Å². The SMILES string of the molecule is CCCn1c(SCC(=O)Nc2cc(Cl)c(Cl)cc2Cl)nnc1-c1csc2ccccc12. The molecule has 0 saturated heterocycles. The molecule has 0 spiro atoms. The third kappa shape index (κ3) is 4.86. The molecule has 4 rings (SSSR count). The van der Waals surface area contributed by atoms with Gasteiger partial charge in [0, 0.05) is 27.6 Å². The van der Waals surface area contributed by atoms with E-state index in [9.17, 15) is 4.79 Å². The van der Waals surface area contributed by atoms with E-state index < -0.39 is 0 Å². The van der Waals surface area contributed by atoms with Crippen LogP contribution in [0.2, 0.25) is 15.1 Å². The molecule has 0 bridgehead atoms. The number of thiophene rings is 1. The first-order valence-electron chi connectivity index (χ1n) is 9.45. The van der Waals surface area contributed by atoms with E-state index in [0.29, 0.717) is 25.9 Å². The zero-order valence-electron chi connectivity index (χ0n) is 16.4. The first-order valence-corrected chi connectivity index (χ1v) is 12.4. The van der Waals surface area contributed by atoms with Gasteiger partial charge in [0.05, 0.1) is 26.5 Å². The van der Waals surface area contributed by atoms with Crippen LogP contribution in [-0.2, 0) is 11.3 Å². The molecule has 0 unspecified atom stereocenters. The maximum absolute atomic E-state index is 12.5. The van der Waals surface area contributed by atoms with Crippen molar-refractivity contribution in [3.05, 3.63) is 56.8 Å². The van der Waals surface area contributed by atoms with Crippen LogP contribution in [0.5, 0.6) is 0 Å². The fraction of sp³-hybridized carbons (Fsp3) is 0.190. The fourth-order valence-corrected chi connectivity index (χ4v) is 5.40. The number of carbonyl (C=O) groups is 1. The van der Waals surface area contributed by atoms with E-state index in [4.69, 9.17) is 34.8 Å². The maximum atomic E-state index is 12.5. The van der Waals surface area contributed by atoms with Gasteiger partial charge in [0.15, 0.2) is 11.0 Å². The van der Waals surface area contributed by atoms with E-state index in [1.165, 1.54) is 28.6 Å². The van der Waals surface area contributed by atoms with Crippen molar-refractivity contribution < 1.29 is 4.79 Å². The number of rotatable bonds is 7. The van der Waals surface area contributed by atoms with Gasteiger partial charge >= 0.3 is 0 Å². The van der Waals surface area contributed by atoms with Crippen molar-refractivity contribution in [3.63, 3.8) is 0 Å². The predicted molar refractivity (Wildman–Crippen MR) is 132 cm³/mol. The molecule has 4 aromatic rings. The van der Waals surface area contributed by atoms with Gasteiger partial charge < -0.3 is 9.88 Å². The molecular weight excluding hydrogens is 495 g/mol. The number of anilines is 1. The lowest BCUT2D eigenvalue weighted by atomic mass is 10.1. The highest BCUT2D eigenvalue weighted by Gasteiger charge is 2.18. The Morgan fingerprint density at radius 1 is 1.13 bits per heavy atom. The van der Waals surface area contributed by atoms with E-state index in [1.54, 1.807) is 11.3 Å². The molecule has 0 aliphatic carbocycles. The first kappa shape index (κ1) is 22.4. The van der Waals surface area contributed by atoms with Gasteiger partial charge in [-0.3, -0.25) is 4.79 Å². The van der Waals surface area contributed by atoms with Crippen molar-refractivity contribution in [2.45, 2.75) is 25.0 Å². The lowest BCUT2D eigenvalue weighted by Gasteiger charge is -2.10. The summed E-state index contributed by atoms with van der Waals surface area (Å²) in [6, 6.07) is 11.3. The Morgan fingerprint density at radius 3 is 2.71 bits per heavy atom. The number of hydrogen-bond acceptors (Lipinski definition) is 5. The van der Waals surface area contributed by atoms with Crippen LogP contribution in [0.3, 0.4) is 0 Å². The van der Waals surface area contributed by atoms with Crippen molar-refractivity contribution in [1.29, 1.82) is 0 Å². The Bertz CT molecular complexity index is 1250. The number of fused-ring (bicyclic) bond motifs is 1. The minimum absolute atomic E-state index is 0.156. The summed E-state index contributed by atoms with van der Waals surface area (Å²) < 4.78 is 3.27. The number of halogens is 3. The number of thioether (sulfide) groups is 1. The Hall–Kier alpha value is -1.77. The summed E-state index contributed by atoms with van der Waals surface area (Å²) in [5.74, 6) is 0.747. The van der Waals surface area contributed by atoms with Crippen molar-refractivity contribution in [2.75, 3.05) is 11.1 Å². The second-order valence-electron chi connectivity index (χ2n) is 6.69. The summed E-state index contributed by atoms with van der Waals surface area (Å²) in [5.41, 5.74) is 1.47. The number of amides is 1. The molecule has 1 amide bonds. The summed E-state index contributed by atoms with van der Waals surface area (Å²) >= 11 is 21.1. The van der Waals surface area contributed by atoms with E-state index in [2.05, 4.69) is 44.5 Å². The molecule has 31 heavy (non-hydrogen) atoms. The van der Waals surface area contributed by atoms with Gasteiger partial charge in [0.1, 0.15) is 0 Å². The number of nitrogens with one attached hydrogen (secondary N) is 1. The Balaban J connectivity index is 1.53. The summed E-state index contributed by atoms with van der Waals surface area (Å²) in [6.07, 6.45) is 0.922. The largest absolute Gasteiger partial charge is 0.324 e. The second-order valence-corrected chi connectivity index (χ2v) is 9.76. The maximum Gasteiger partial charge on any atom is 0.234 e. The van der Waals surface area contributed by atoms with Gasteiger partial charge in [0.2, 0.25) is 5.91 Å². The van der Waals surface area contributed by atoms with Crippen LogP contribution in [0.25, 0.3) is 21.5 Å². The molecule has 2 aromatic heterocycles. The van der Waals surface area contributed by atoms with Crippen LogP contribution in [-0.4, -0.2) is 26.4 Å². The van der Waals surface area contributed by atoms with Crippen molar-refractivity contribution in [3.8, 4) is 11.4 Å². The van der Waals surface area contributed by atoms with Crippen molar-refractivity contribution in [1.82, 2.24) is 14.8 Å². The molecule has 160 valence electrons. The molecule has 0 aliphatic heterocycles. The topological polar surface area (TPSA) is 59.8 Å². The molecule has 2 heterocycles. The van der Waals surface area contributed by atoms with Gasteiger partial charge in [-0.15, -0.1) is 21.5 Å². The van der Waals surface area contributed by atoms with Gasteiger partial charge in [-0.25, -0.2) is 0 Å². The van der Waals surface area contributed by atoms with Crippen LogP contribution in [0.1, 0.15) is 13.3 Å². The summed E-state index contributed by atoms with van der Waals surface area (Å²) in [5, 5.41) is 16.5. The predicted octanol–water partition coefficient (Wildman–Crippen LogP) is 7.26. The lowest BCUT2D eigenvalue weighted by Crippen LogP contribution is -2.15. The number of nitrogens with zero attached hydrogens (tertiary/aromatic N) is 3. The molecular formula is C21H17Cl3N4OS2. The molecule has 0 aliphatic rings. The highest BCUT2D eigenvalue weighted by Crippen LogP contribution is 2.35.